The van der Waals surface area contributed by atoms with Crippen LogP contribution in [-0.2, 0) is 6.54 Å². The van der Waals surface area contributed by atoms with E-state index < -0.39 is 0 Å². The number of aromatic nitrogens is 1. The zero-order valence-electron chi connectivity index (χ0n) is 11.3. The Labute approximate surface area is 127 Å². The van der Waals surface area contributed by atoms with Crippen LogP contribution in [0.3, 0.4) is 0 Å². The van der Waals surface area contributed by atoms with Gasteiger partial charge < -0.3 is 5.73 Å². The number of nitriles is 1. The van der Waals surface area contributed by atoms with Crippen LogP contribution < -0.4 is 5.73 Å². The number of hydrogen-bond donors (Lipinski definition) is 1. The Morgan fingerprint density at radius 3 is 2.62 bits per heavy atom. The molecule has 0 bridgehead atoms. The molecule has 0 aliphatic carbocycles. The average Bonchev–Trinajstić information content (AvgIpc) is 3.05. The van der Waals surface area contributed by atoms with Crippen molar-refractivity contribution < 1.29 is 0 Å². The van der Waals surface area contributed by atoms with Crippen molar-refractivity contribution >= 4 is 11.3 Å². The van der Waals surface area contributed by atoms with Crippen LogP contribution in [0.5, 0.6) is 0 Å². The van der Waals surface area contributed by atoms with E-state index in [1.54, 1.807) is 11.3 Å². The van der Waals surface area contributed by atoms with Crippen LogP contribution in [0.15, 0.2) is 53.9 Å². The second-order valence-electron chi connectivity index (χ2n) is 4.63. The molecule has 102 valence electrons. The predicted molar refractivity (Wildman–Crippen MR) is 85.6 cm³/mol. The van der Waals surface area contributed by atoms with E-state index in [0.717, 1.165) is 27.4 Å². The van der Waals surface area contributed by atoms with Crippen LogP contribution in [0.1, 0.15) is 11.1 Å². The van der Waals surface area contributed by atoms with Crippen molar-refractivity contribution in [1.82, 2.24) is 4.98 Å². The summed E-state index contributed by atoms with van der Waals surface area (Å²) in [5.41, 5.74) is 10.5. The summed E-state index contributed by atoms with van der Waals surface area (Å²) in [5.74, 6) is 0. The van der Waals surface area contributed by atoms with E-state index in [0.29, 0.717) is 12.1 Å². The number of nitrogens with two attached hydrogens (primary N) is 1. The summed E-state index contributed by atoms with van der Waals surface area (Å²) in [6, 6.07) is 17.7. The van der Waals surface area contributed by atoms with E-state index in [2.05, 4.69) is 17.1 Å². The largest absolute Gasteiger partial charge is 0.326 e. The molecule has 0 saturated carbocycles. The van der Waals surface area contributed by atoms with Crippen molar-refractivity contribution in [2.45, 2.75) is 6.54 Å². The molecule has 1 aromatic heterocycles. The maximum Gasteiger partial charge on any atom is 0.124 e. The lowest BCUT2D eigenvalue weighted by atomic mass is 10.1. The van der Waals surface area contributed by atoms with E-state index in [1.807, 2.05) is 47.8 Å². The molecule has 1 heterocycles. The molecule has 21 heavy (non-hydrogen) atoms. The van der Waals surface area contributed by atoms with Crippen molar-refractivity contribution in [3.63, 3.8) is 0 Å². The molecule has 2 N–H and O–H groups in total. The monoisotopic (exact) mass is 291 g/mol. The second kappa shape index (κ2) is 5.88. The minimum atomic E-state index is 0.529. The molecule has 0 radical (unpaired) electrons. The molecule has 3 nitrogen and oxygen atoms in total. The molecule has 0 saturated heterocycles. The molecule has 0 aliphatic heterocycles. The maximum atomic E-state index is 8.83. The standard InChI is InChI=1S/C17H13N3S/c18-9-12-4-6-14(7-5-12)16-11-21-17(20-16)15-3-1-2-13(8-15)10-19/h1-8,11H,10,19H2. The van der Waals surface area contributed by atoms with Gasteiger partial charge in [0.15, 0.2) is 0 Å². The first-order chi connectivity index (χ1) is 10.3. The number of hydrogen-bond acceptors (Lipinski definition) is 4. The van der Waals surface area contributed by atoms with Gasteiger partial charge >= 0.3 is 0 Å². The molecule has 3 rings (SSSR count). The van der Waals surface area contributed by atoms with Crippen molar-refractivity contribution in [3.8, 4) is 27.9 Å². The summed E-state index contributed by atoms with van der Waals surface area (Å²) in [4.78, 5) is 4.68. The highest BCUT2D eigenvalue weighted by atomic mass is 32.1. The van der Waals surface area contributed by atoms with Gasteiger partial charge in [-0.15, -0.1) is 11.3 Å². The molecule has 0 amide bonds. The Morgan fingerprint density at radius 1 is 1.10 bits per heavy atom. The number of nitrogens with zero attached hydrogens (tertiary/aromatic N) is 2. The summed E-state index contributed by atoms with van der Waals surface area (Å²) in [7, 11) is 0. The third-order valence-corrected chi connectivity index (χ3v) is 4.11. The minimum Gasteiger partial charge on any atom is -0.326 e. The van der Waals surface area contributed by atoms with Gasteiger partial charge in [-0.2, -0.15) is 5.26 Å². The van der Waals surface area contributed by atoms with Gasteiger partial charge in [-0.05, 0) is 23.8 Å². The molecule has 0 unspecified atom stereocenters. The van der Waals surface area contributed by atoms with Crippen LogP contribution in [0, 0.1) is 11.3 Å². The Kier molecular flexibility index (Phi) is 3.78. The summed E-state index contributed by atoms with van der Waals surface area (Å²) in [6.45, 7) is 0.529. The van der Waals surface area contributed by atoms with Crippen LogP contribution in [0.25, 0.3) is 21.8 Å². The smallest absolute Gasteiger partial charge is 0.124 e. The van der Waals surface area contributed by atoms with E-state index in [-0.39, 0.29) is 0 Å². The van der Waals surface area contributed by atoms with E-state index in [4.69, 9.17) is 11.0 Å². The maximum absolute atomic E-state index is 8.83. The first kappa shape index (κ1) is 13.5. The fourth-order valence-electron chi connectivity index (χ4n) is 2.09. The van der Waals surface area contributed by atoms with Crippen molar-refractivity contribution in [3.05, 3.63) is 65.0 Å². The lowest BCUT2D eigenvalue weighted by molar-refractivity contribution is 1.07. The second-order valence-corrected chi connectivity index (χ2v) is 5.49. The van der Waals surface area contributed by atoms with Gasteiger partial charge in [0, 0.05) is 23.1 Å². The molecular formula is C17H13N3S. The van der Waals surface area contributed by atoms with Crippen LogP contribution in [0.4, 0.5) is 0 Å². The zero-order chi connectivity index (χ0) is 14.7. The molecular weight excluding hydrogens is 278 g/mol. The Balaban J connectivity index is 1.93. The number of rotatable bonds is 3. The van der Waals surface area contributed by atoms with Gasteiger partial charge in [-0.3, -0.25) is 0 Å². The van der Waals surface area contributed by atoms with E-state index >= 15 is 0 Å². The minimum absolute atomic E-state index is 0.529. The summed E-state index contributed by atoms with van der Waals surface area (Å²) >= 11 is 1.61. The third kappa shape index (κ3) is 2.84. The van der Waals surface area contributed by atoms with Gasteiger partial charge in [-0.1, -0.05) is 30.3 Å². The van der Waals surface area contributed by atoms with Crippen LogP contribution in [0.2, 0.25) is 0 Å². The first-order valence-electron chi connectivity index (χ1n) is 6.55. The molecule has 2 aromatic carbocycles. The predicted octanol–water partition coefficient (Wildman–Crippen LogP) is 3.81. The Hall–Kier alpha value is -2.48. The quantitative estimate of drug-likeness (QED) is 0.798. The number of benzene rings is 2. The molecule has 0 atom stereocenters. The van der Waals surface area contributed by atoms with E-state index in [9.17, 15) is 0 Å². The molecule has 4 heteroatoms. The Bertz CT molecular complexity index is 797. The Morgan fingerprint density at radius 2 is 1.90 bits per heavy atom. The topological polar surface area (TPSA) is 62.7 Å². The first-order valence-corrected chi connectivity index (χ1v) is 7.43. The lowest BCUT2D eigenvalue weighted by Gasteiger charge is -2.00. The van der Waals surface area contributed by atoms with Crippen molar-refractivity contribution in [2.24, 2.45) is 5.73 Å². The molecule has 0 aliphatic rings. The summed E-state index contributed by atoms with van der Waals surface area (Å²) in [5, 5.41) is 11.8. The van der Waals surface area contributed by atoms with Gasteiger partial charge in [0.05, 0.1) is 17.3 Å². The molecule has 3 aromatic rings. The van der Waals surface area contributed by atoms with Gasteiger partial charge in [0.2, 0.25) is 0 Å². The van der Waals surface area contributed by atoms with Crippen LogP contribution >= 0.6 is 11.3 Å². The van der Waals surface area contributed by atoms with Gasteiger partial charge in [0.1, 0.15) is 5.01 Å². The fourth-order valence-corrected chi connectivity index (χ4v) is 2.91. The molecule has 0 spiro atoms. The fraction of sp³-hybridized carbons (Fsp3) is 0.0588. The lowest BCUT2D eigenvalue weighted by Crippen LogP contribution is -1.95. The zero-order valence-corrected chi connectivity index (χ0v) is 12.1. The van der Waals surface area contributed by atoms with Gasteiger partial charge in [-0.25, -0.2) is 4.98 Å². The highest BCUT2D eigenvalue weighted by molar-refractivity contribution is 7.13. The third-order valence-electron chi connectivity index (χ3n) is 3.22. The van der Waals surface area contributed by atoms with Crippen molar-refractivity contribution in [1.29, 1.82) is 5.26 Å². The van der Waals surface area contributed by atoms with E-state index in [1.165, 1.54) is 0 Å². The summed E-state index contributed by atoms with van der Waals surface area (Å²) in [6.07, 6.45) is 0. The van der Waals surface area contributed by atoms with Crippen molar-refractivity contribution in [2.75, 3.05) is 0 Å². The normalized spacial score (nSPS) is 10.3. The highest BCUT2D eigenvalue weighted by Gasteiger charge is 2.07. The van der Waals surface area contributed by atoms with Gasteiger partial charge in [0.25, 0.3) is 0 Å². The summed E-state index contributed by atoms with van der Waals surface area (Å²) < 4.78 is 0. The van der Waals surface area contributed by atoms with Crippen LogP contribution in [-0.4, -0.2) is 4.98 Å². The highest BCUT2D eigenvalue weighted by Crippen LogP contribution is 2.29. The molecule has 0 fully saturated rings. The average molecular weight is 291 g/mol. The SMILES string of the molecule is N#Cc1ccc(-c2csc(-c3cccc(CN)c3)n2)cc1. The number of thiazole rings is 1.